The molecule has 0 radical (unpaired) electrons. The van der Waals surface area contributed by atoms with Gasteiger partial charge in [0.25, 0.3) is 5.91 Å². The van der Waals surface area contributed by atoms with E-state index < -0.39 is 0 Å². The summed E-state index contributed by atoms with van der Waals surface area (Å²) >= 11 is 0. The summed E-state index contributed by atoms with van der Waals surface area (Å²) in [5.74, 6) is 1.49. The van der Waals surface area contributed by atoms with E-state index >= 15 is 0 Å². The number of carbonyl (C=O) groups excluding carboxylic acids is 1. The van der Waals surface area contributed by atoms with Crippen LogP contribution in [0.1, 0.15) is 33.7 Å². The van der Waals surface area contributed by atoms with Gasteiger partial charge in [-0.15, -0.1) is 0 Å². The summed E-state index contributed by atoms with van der Waals surface area (Å²) in [5, 5.41) is 11.9. The van der Waals surface area contributed by atoms with Gasteiger partial charge in [0.2, 0.25) is 0 Å². The summed E-state index contributed by atoms with van der Waals surface area (Å²) in [7, 11) is 0. The van der Waals surface area contributed by atoms with Gasteiger partial charge in [-0.2, -0.15) is 5.26 Å². The van der Waals surface area contributed by atoms with E-state index in [1.165, 1.54) is 0 Å². The highest BCUT2D eigenvalue weighted by atomic mass is 16.1. The summed E-state index contributed by atoms with van der Waals surface area (Å²) in [6.07, 6.45) is 5.83. The maximum Gasteiger partial charge on any atom is 0.251 e. The number of amides is 1. The molecule has 0 saturated carbocycles. The molecule has 1 aliphatic heterocycles. The second-order valence-corrected chi connectivity index (χ2v) is 5.75. The molecule has 1 aromatic heterocycles. The van der Waals surface area contributed by atoms with Crippen molar-refractivity contribution in [2.45, 2.75) is 26.3 Å². The molecule has 112 valence electrons. The van der Waals surface area contributed by atoms with Crippen LogP contribution in [0.3, 0.4) is 0 Å². The second kappa shape index (κ2) is 6.02. The Morgan fingerprint density at radius 1 is 1.55 bits per heavy atom. The lowest BCUT2D eigenvalue weighted by Crippen LogP contribution is -2.34. The number of hydrogen-bond acceptors (Lipinski definition) is 3. The summed E-state index contributed by atoms with van der Waals surface area (Å²) < 4.78 is 2.16. The first kappa shape index (κ1) is 14.3. The lowest BCUT2D eigenvalue weighted by atomic mass is 9.99. The number of fused-ring (bicyclic) bond motifs is 1. The Balaban J connectivity index is 1.60. The highest BCUT2D eigenvalue weighted by Gasteiger charge is 2.19. The Morgan fingerprint density at radius 2 is 2.41 bits per heavy atom. The van der Waals surface area contributed by atoms with Crippen LogP contribution in [0.15, 0.2) is 30.6 Å². The van der Waals surface area contributed by atoms with E-state index in [0.717, 1.165) is 30.8 Å². The second-order valence-electron chi connectivity index (χ2n) is 5.75. The molecule has 0 aliphatic carbocycles. The maximum absolute atomic E-state index is 12.3. The molecule has 0 bridgehead atoms. The average Bonchev–Trinajstić information content (AvgIpc) is 3.00. The van der Waals surface area contributed by atoms with Crippen molar-refractivity contribution in [1.29, 1.82) is 5.26 Å². The molecule has 5 nitrogen and oxygen atoms in total. The Labute approximate surface area is 129 Å². The van der Waals surface area contributed by atoms with Crippen LogP contribution >= 0.6 is 0 Å². The predicted octanol–water partition coefficient (Wildman–Crippen LogP) is 2.06. The maximum atomic E-state index is 12.3. The molecule has 1 aromatic carbocycles. The highest BCUT2D eigenvalue weighted by Crippen LogP contribution is 2.18. The van der Waals surface area contributed by atoms with Crippen LogP contribution < -0.4 is 5.32 Å². The number of aryl methyl sites for hydroxylation is 2. The Kier molecular flexibility index (Phi) is 3.92. The quantitative estimate of drug-likeness (QED) is 0.942. The summed E-state index contributed by atoms with van der Waals surface area (Å²) in [6, 6.07) is 7.23. The highest BCUT2D eigenvalue weighted by molar-refractivity contribution is 5.95. The van der Waals surface area contributed by atoms with E-state index in [0.29, 0.717) is 23.6 Å². The normalized spacial score (nSPS) is 16.6. The Hall–Kier alpha value is -2.61. The molecular formula is C17H18N4O. The molecule has 3 rings (SSSR count). The number of rotatable bonds is 3. The number of aromatic nitrogens is 2. The van der Waals surface area contributed by atoms with Gasteiger partial charge in [-0.1, -0.05) is 0 Å². The molecule has 0 saturated heterocycles. The molecule has 2 aromatic rings. The third kappa shape index (κ3) is 2.86. The van der Waals surface area contributed by atoms with Crippen molar-refractivity contribution in [3.05, 3.63) is 53.1 Å². The molecule has 2 heterocycles. The first-order chi connectivity index (χ1) is 10.7. The lowest BCUT2D eigenvalue weighted by molar-refractivity contribution is 0.0943. The monoisotopic (exact) mass is 294 g/mol. The SMILES string of the molecule is Cc1cc(C#N)ccc1C(=O)NC[C@H]1CCc2nccn2C1. The number of benzene rings is 1. The van der Waals surface area contributed by atoms with Gasteiger partial charge in [0.15, 0.2) is 0 Å². The fraction of sp³-hybridized carbons (Fsp3) is 0.353. The number of nitrogens with zero attached hydrogens (tertiary/aromatic N) is 3. The zero-order valence-corrected chi connectivity index (χ0v) is 12.5. The smallest absolute Gasteiger partial charge is 0.251 e. The third-order valence-electron chi connectivity index (χ3n) is 4.18. The zero-order chi connectivity index (χ0) is 15.5. The molecule has 0 fully saturated rings. The van der Waals surface area contributed by atoms with Crippen molar-refractivity contribution in [1.82, 2.24) is 14.9 Å². The van der Waals surface area contributed by atoms with Crippen LogP contribution in [-0.4, -0.2) is 22.0 Å². The molecular weight excluding hydrogens is 276 g/mol. The van der Waals surface area contributed by atoms with E-state index in [4.69, 9.17) is 5.26 Å². The summed E-state index contributed by atoms with van der Waals surface area (Å²) in [5.41, 5.74) is 2.05. The molecule has 1 aliphatic rings. The van der Waals surface area contributed by atoms with Crippen LogP contribution in [0.25, 0.3) is 0 Å². The summed E-state index contributed by atoms with van der Waals surface area (Å²) in [6.45, 7) is 3.42. The van der Waals surface area contributed by atoms with Crippen LogP contribution in [0, 0.1) is 24.2 Å². The van der Waals surface area contributed by atoms with Crippen molar-refractivity contribution in [2.24, 2.45) is 5.92 Å². The fourth-order valence-corrected chi connectivity index (χ4v) is 2.92. The molecule has 5 heteroatoms. The Morgan fingerprint density at radius 3 is 3.18 bits per heavy atom. The van der Waals surface area contributed by atoms with Crippen molar-refractivity contribution < 1.29 is 4.79 Å². The van der Waals surface area contributed by atoms with E-state index in [1.807, 2.05) is 19.3 Å². The minimum absolute atomic E-state index is 0.0709. The average molecular weight is 294 g/mol. The molecule has 22 heavy (non-hydrogen) atoms. The van der Waals surface area contributed by atoms with Gasteiger partial charge in [0, 0.05) is 37.5 Å². The van der Waals surface area contributed by atoms with Gasteiger partial charge in [-0.25, -0.2) is 4.98 Å². The first-order valence-corrected chi connectivity index (χ1v) is 7.46. The first-order valence-electron chi connectivity index (χ1n) is 7.46. The van der Waals surface area contributed by atoms with Crippen molar-refractivity contribution in [2.75, 3.05) is 6.54 Å². The van der Waals surface area contributed by atoms with Gasteiger partial charge in [-0.3, -0.25) is 4.79 Å². The number of carbonyl (C=O) groups is 1. The standard InChI is InChI=1S/C17H18N4O/c1-12-8-13(9-18)2-4-15(12)17(22)20-10-14-3-5-16-19-6-7-21(16)11-14/h2,4,6-8,14H,3,5,10-11H2,1H3,(H,20,22)/t14-/m1/s1. The minimum Gasteiger partial charge on any atom is -0.352 e. The Bertz CT molecular complexity index is 741. The topological polar surface area (TPSA) is 70.7 Å². The van der Waals surface area contributed by atoms with Crippen molar-refractivity contribution >= 4 is 5.91 Å². The van der Waals surface area contributed by atoms with E-state index in [2.05, 4.69) is 20.9 Å². The minimum atomic E-state index is -0.0709. The fourth-order valence-electron chi connectivity index (χ4n) is 2.92. The molecule has 1 atom stereocenters. The van der Waals surface area contributed by atoms with Gasteiger partial charge in [-0.05, 0) is 43.0 Å². The van der Waals surface area contributed by atoms with Gasteiger partial charge in [0.1, 0.15) is 5.82 Å². The van der Waals surface area contributed by atoms with Crippen LogP contribution in [0.5, 0.6) is 0 Å². The van der Waals surface area contributed by atoms with Crippen LogP contribution in [0.2, 0.25) is 0 Å². The number of imidazole rings is 1. The number of nitriles is 1. The number of hydrogen-bond donors (Lipinski definition) is 1. The molecule has 1 amide bonds. The van der Waals surface area contributed by atoms with Crippen molar-refractivity contribution in [3.8, 4) is 6.07 Å². The molecule has 1 N–H and O–H groups in total. The van der Waals surface area contributed by atoms with Crippen LogP contribution in [0.4, 0.5) is 0 Å². The summed E-state index contributed by atoms with van der Waals surface area (Å²) in [4.78, 5) is 16.6. The third-order valence-corrected chi connectivity index (χ3v) is 4.18. The largest absolute Gasteiger partial charge is 0.352 e. The molecule has 0 unspecified atom stereocenters. The predicted molar refractivity (Wildman–Crippen MR) is 82.3 cm³/mol. The van der Waals surface area contributed by atoms with Crippen molar-refractivity contribution in [3.63, 3.8) is 0 Å². The van der Waals surface area contributed by atoms with Gasteiger partial charge in [0.05, 0.1) is 11.6 Å². The van der Waals surface area contributed by atoms with Crippen LogP contribution in [-0.2, 0) is 13.0 Å². The van der Waals surface area contributed by atoms with E-state index in [9.17, 15) is 4.79 Å². The van der Waals surface area contributed by atoms with Gasteiger partial charge < -0.3 is 9.88 Å². The lowest BCUT2D eigenvalue weighted by Gasteiger charge is -2.24. The zero-order valence-electron chi connectivity index (χ0n) is 12.5. The van der Waals surface area contributed by atoms with Gasteiger partial charge >= 0.3 is 0 Å². The molecule has 0 spiro atoms. The number of nitrogens with one attached hydrogen (secondary N) is 1. The van der Waals surface area contributed by atoms with E-state index in [1.54, 1.807) is 18.2 Å². The van der Waals surface area contributed by atoms with E-state index in [-0.39, 0.29) is 5.91 Å².